The summed E-state index contributed by atoms with van der Waals surface area (Å²) in [6, 6.07) is 0. The zero-order valence-corrected chi connectivity index (χ0v) is 8.78. The third-order valence-corrected chi connectivity index (χ3v) is 1.64. The number of nitrogens with one attached hydrogen (secondary N) is 1. The normalized spacial score (nSPS) is 10.9. The Bertz CT molecular complexity index is 489. The molecule has 0 saturated carbocycles. The first-order valence-electron chi connectivity index (χ1n) is 4.28. The van der Waals surface area contributed by atoms with E-state index in [1.165, 1.54) is 5.32 Å². The predicted molar refractivity (Wildman–Crippen MR) is 50.2 cm³/mol. The zero-order chi connectivity index (χ0) is 13.9. The number of halogens is 3. The van der Waals surface area contributed by atoms with Crippen molar-refractivity contribution in [1.82, 2.24) is 9.97 Å². The molecule has 0 aliphatic carbocycles. The topological polar surface area (TPSA) is 101 Å². The van der Waals surface area contributed by atoms with E-state index in [2.05, 4.69) is 14.7 Å². The van der Waals surface area contributed by atoms with Gasteiger partial charge < -0.3 is 9.84 Å². The molecule has 10 heteroatoms. The predicted octanol–water partition coefficient (Wildman–Crippen LogP) is 0.684. The lowest BCUT2D eigenvalue weighted by Crippen LogP contribution is -2.30. The molecule has 7 nitrogen and oxygen atoms in total. The number of hydrogen-bond acceptors (Lipinski definition) is 5. The minimum Gasteiger partial charge on any atom is -0.478 e. The van der Waals surface area contributed by atoms with Crippen LogP contribution in [0.3, 0.4) is 0 Å². The Morgan fingerprint density at radius 1 is 1.44 bits per heavy atom. The van der Waals surface area contributed by atoms with E-state index in [4.69, 9.17) is 5.11 Å². The molecular weight excluding hydrogens is 259 g/mol. The molecule has 0 radical (unpaired) electrons. The first-order valence-corrected chi connectivity index (χ1v) is 4.28. The number of methoxy groups -OCH3 is 1. The van der Waals surface area contributed by atoms with Crippen molar-refractivity contribution in [3.05, 3.63) is 11.9 Å². The SMILES string of the molecule is COc1nc(C(=O)O)cnc1NC(=O)C(F)(F)F. The molecule has 1 heterocycles. The van der Waals surface area contributed by atoms with E-state index in [9.17, 15) is 22.8 Å². The number of anilines is 1. The summed E-state index contributed by atoms with van der Waals surface area (Å²) in [5.41, 5.74) is -0.531. The fraction of sp³-hybridized carbons (Fsp3) is 0.250. The maximum absolute atomic E-state index is 12.0. The lowest BCUT2D eigenvalue weighted by atomic mass is 10.4. The highest BCUT2D eigenvalue weighted by molar-refractivity contribution is 5.95. The second-order valence-electron chi connectivity index (χ2n) is 2.87. The molecule has 0 aliphatic heterocycles. The number of nitrogens with zero attached hydrogens (tertiary/aromatic N) is 2. The quantitative estimate of drug-likeness (QED) is 0.833. The van der Waals surface area contributed by atoms with Gasteiger partial charge in [0.15, 0.2) is 11.5 Å². The number of carbonyl (C=O) groups excluding carboxylic acids is 1. The number of ether oxygens (including phenoxy) is 1. The molecule has 0 aliphatic rings. The highest BCUT2D eigenvalue weighted by Crippen LogP contribution is 2.22. The van der Waals surface area contributed by atoms with Gasteiger partial charge in [0.2, 0.25) is 0 Å². The van der Waals surface area contributed by atoms with E-state index in [0.717, 1.165) is 7.11 Å². The van der Waals surface area contributed by atoms with Crippen LogP contribution >= 0.6 is 0 Å². The summed E-state index contributed by atoms with van der Waals surface area (Å²) in [4.78, 5) is 27.9. The lowest BCUT2D eigenvalue weighted by molar-refractivity contribution is -0.167. The number of amides is 1. The molecule has 0 aromatic carbocycles. The minimum absolute atomic E-state index is 0.531. The zero-order valence-electron chi connectivity index (χ0n) is 8.78. The van der Waals surface area contributed by atoms with Gasteiger partial charge in [0.25, 0.3) is 5.88 Å². The second kappa shape index (κ2) is 4.85. The molecule has 1 rings (SSSR count). The van der Waals surface area contributed by atoms with E-state index in [1.807, 2.05) is 0 Å². The standard InChI is InChI=1S/C8H6F3N3O4/c1-18-5-4(14-7(17)8(9,10)11)12-2-3(13-5)6(15)16/h2H,1H3,(H,15,16)(H,12,14,17). The van der Waals surface area contributed by atoms with Crippen molar-refractivity contribution in [2.45, 2.75) is 6.18 Å². The van der Waals surface area contributed by atoms with Crippen LogP contribution in [0.1, 0.15) is 10.5 Å². The molecule has 1 aromatic heterocycles. The Kier molecular flexibility index (Phi) is 3.69. The van der Waals surface area contributed by atoms with Crippen LogP contribution < -0.4 is 10.1 Å². The van der Waals surface area contributed by atoms with Crippen LogP contribution in [0.4, 0.5) is 19.0 Å². The molecule has 0 fully saturated rings. The van der Waals surface area contributed by atoms with Gasteiger partial charge in [-0.1, -0.05) is 0 Å². The Balaban J connectivity index is 3.04. The lowest BCUT2D eigenvalue weighted by Gasteiger charge is -2.09. The van der Waals surface area contributed by atoms with Gasteiger partial charge in [0, 0.05) is 0 Å². The summed E-state index contributed by atoms with van der Waals surface area (Å²) >= 11 is 0. The molecule has 1 amide bonds. The summed E-state index contributed by atoms with van der Waals surface area (Å²) in [6.07, 6.45) is -4.41. The van der Waals surface area contributed by atoms with Crippen molar-refractivity contribution in [2.24, 2.45) is 0 Å². The van der Waals surface area contributed by atoms with E-state index in [-0.39, 0.29) is 0 Å². The average Bonchev–Trinajstić information content (AvgIpc) is 2.27. The van der Waals surface area contributed by atoms with Gasteiger partial charge in [0.1, 0.15) is 0 Å². The Morgan fingerprint density at radius 3 is 2.50 bits per heavy atom. The summed E-state index contributed by atoms with van der Waals surface area (Å²) in [5, 5.41) is 9.99. The molecule has 2 N–H and O–H groups in total. The molecule has 98 valence electrons. The first-order chi connectivity index (χ1) is 8.25. The van der Waals surface area contributed by atoms with Crippen LogP contribution in [0.15, 0.2) is 6.20 Å². The van der Waals surface area contributed by atoms with E-state index < -0.39 is 35.4 Å². The number of carboxylic acids is 1. The largest absolute Gasteiger partial charge is 0.478 e. The van der Waals surface area contributed by atoms with Gasteiger partial charge in [-0.3, -0.25) is 10.1 Å². The van der Waals surface area contributed by atoms with Gasteiger partial charge in [-0.25, -0.2) is 14.8 Å². The molecule has 0 atom stereocenters. The van der Waals surface area contributed by atoms with Crippen LogP contribution in [-0.2, 0) is 4.79 Å². The fourth-order valence-corrected chi connectivity index (χ4v) is 0.882. The van der Waals surface area contributed by atoms with Crippen LogP contribution in [0.25, 0.3) is 0 Å². The van der Waals surface area contributed by atoms with Crippen molar-refractivity contribution in [1.29, 1.82) is 0 Å². The summed E-state index contributed by atoms with van der Waals surface area (Å²) in [6.45, 7) is 0. The number of rotatable bonds is 3. The number of carbonyl (C=O) groups is 2. The third kappa shape index (κ3) is 3.06. The van der Waals surface area contributed by atoms with Crippen molar-refractivity contribution in [3.63, 3.8) is 0 Å². The minimum atomic E-state index is -5.10. The Labute approximate surface area is 97.6 Å². The smallest absolute Gasteiger partial charge is 0.471 e. The van der Waals surface area contributed by atoms with Crippen LogP contribution in [0.5, 0.6) is 5.88 Å². The van der Waals surface area contributed by atoms with E-state index in [0.29, 0.717) is 6.20 Å². The van der Waals surface area contributed by atoms with E-state index >= 15 is 0 Å². The van der Waals surface area contributed by atoms with Gasteiger partial charge >= 0.3 is 18.1 Å². The number of alkyl halides is 3. The number of aromatic nitrogens is 2. The summed E-state index contributed by atoms with van der Waals surface area (Å²) in [5.74, 6) is -4.86. The Hall–Kier alpha value is -2.39. The highest BCUT2D eigenvalue weighted by Gasteiger charge is 2.39. The van der Waals surface area contributed by atoms with Crippen LogP contribution in [0.2, 0.25) is 0 Å². The molecule has 0 saturated heterocycles. The molecular formula is C8H6F3N3O4. The summed E-state index contributed by atoms with van der Waals surface area (Å²) < 4.78 is 40.5. The van der Waals surface area contributed by atoms with Crippen molar-refractivity contribution < 1.29 is 32.6 Å². The van der Waals surface area contributed by atoms with Crippen molar-refractivity contribution in [3.8, 4) is 5.88 Å². The molecule has 1 aromatic rings. The van der Waals surface area contributed by atoms with Crippen molar-refractivity contribution in [2.75, 3.05) is 12.4 Å². The van der Waals surface area contributed by atoms with Crippen molar-refractivity contribution >= 4 is 17.7 Å². The summed E-state index contributed by atoms with van der Waals surface area (Å²) in [7, 11) is 1.04. The molecule has 0 bridgehead atoms. The number of aromatic carboxylic acids is 1. The molecule has 18 heavy (non-hydrogen) atoms. The van der Waals surface area contributed by atoms with Gasteiger partial charge in [0.05, 0.1) is 13.3 Å². The number of carboxylic acid groups (broad SMARTS) is 1. The van der Waals surface area contributed by atoms with Crippen LogP contribution in [-0.4, -0.2) is 40.2 Å². The maximum Gasteiger partial charge on any atom is 0.471 e. The first kappa shape index (κ1) is 13.7. The van der Waals surface area contributed by atoms with E-state index in [1.54, 1.807) is 0 Å². The fourth-order valence-electron chi connectivity index (χ4n) is 0.882. The monoisotopic (exact) mass is 265 g/mol. The average molecular weight is 265 g/mol. The van der Waals surface area contributed by atoms with Gasteiger partial charge in [-0.15, -0.1) is 0 Å². The molecule has 0 spiro atoms. The maximum atomic E-state index is 12.0. The second-order valence-corrected chi connectivity index (χ2v) is 2.87. The number of hydrogen-bond donors (Lipinski definition) is 2. The highest BCUT2D eigenvalue weighted by atomic mass is 19.4. The van der Waals surface area contributed by atoms with Crippen LogP contribution in [0, 0.1) is 0 Å². The Morgan fingerprint density at radius 2 is 2.06 bits per heavy atom. The third-order valence-electron chi connectivity index (χ3n) is 1.64. The van der Waals surface area contributed by atoms with Gasteiger partial charge in [-0.2, -0.15) is 13.2 Å². The molecule has 0 unspecified atom stereocenters. The van der Waals surface area contributed by atoms with Gasteiger partial charge in [-0.05, 0) is 0 Å².